The summed E-state index contributed by atoms with van der Waals surface area (Å²) in [6.45, 7) is 7.28. The van der Waals surface area contributed by atoms with Gasteiger partial charge in [0.2, 0.25) is 0 Å². The molecule has 0 fully saturated rings. The molecule has 0 saturated carbocycles. The number of aromatic nitrogens is 2. The molecule has 0 amide bonds. The lowest BCUT2D eigenvalue weighted by Crippen LogP contribution is -2.10. The first-order chi connectivity index (χ1) is 8.83. The third kappa shape index (κ3) is 3.43. The van der Waals surface area contributed by atoms with Crippen LogP contribution in [0.15, 0.2) is 24.5 Å². The van der Waals surface area contributed by atoms with E-state index in [2.05, 4.69) is 47.0 Å². The SMILES string of the molecule is CCCc1nccn1Cc1ccc(CNCC)s1. The van der Waals surface area contributed by atoms with Crippen molar-refractivity contribution in [2.45, 2.75) is 39.8 Å². The summed E-state index contributed by atoms with van der Waals surface area (Å²) in [5, 5.41) is 3.36. The lowest BCUT2D eigenvalue weighted by Gasteiger charge is -2.05. The number of aryl methyl sites for hydroxylation is 1. The second kappa shape index (κ2) is 6.71. The highest BCUT2D eigenvalue weighted by Crippen LogP contribution is 2.18. The molecule has 98 valence electrons. The van der Waals surface area contributed by atoms with Crippen molar-refractivity contribution in [3.63, 3.8) is 0 Å². The maximum Gasteiger partial charge on any atom is 0.108 e. The highest BCUT2D eigenvalue weighted by atomic mass is 32.1. The minimum absolute atomic E-state index is 0.951. The Bertz CT molecular complexity index is 473. The van der Waals surface area contributed by atoms with E-state index in [0.717, 1.165) is 32.5 Å². The molecule has 0 aliphatic rings. The average molecular weight is 263 g/mol. The Balaban J connectivity index is 1.99. The molecule has 2 rings (SSSR count). The van der Waals surface area contributed by atoms with Crippen LogP contribution < -0.4 is 5.32 Å². The second-order valence-electron chi connectivity index (χ2n) is 4.37. The van der Waals surface area contributed by atoms with Crippen LogP contribution in [0.3, 0.4) is 0 Å². The summed E-state index contributed by atoms with van der Waals surface area (Å²) in [6, 6.07) is 4.45. The molecule has 0 aromatic carbocycles. The number of hydrogen-bond acceptors (Lipinski definition) is 3. The van der Waals surface area contributed by atoms with Gasteiger partial charge >= 0.3 is 0 Å². The highest BCUT2D eigenvalue weighted by Gasteiger charge is 2.05. The summed E-state index contributed by atoms with van der Waals surface area (Å²) >= 11 is 1.89. The largest absolute Gasteiger partial charge is 0.330 e. The zero-order valence-corrected chi connectivity index (χ0v) is 12.0. The van der Waals surface area contributed by atoms with Gasteiger partial charge in [0.05, 0.1) is 6.54 Å². The Kier molecular flexibility index (Phi) is 4.96. The van der Waals surface area contributed by atoms with Gasteiger partial charge in [-0.05, 0) is 25.1 Å². The topological polar surface area (TPSA) is 29.9 Å². The normalized spacial score (nSPS) is 11.0. The molecule has 4 heteroatoms. The third-order valence-corrected chi connectivity index (χ3v) is 3.94. The number of rotatable bonds is 7. The summed E-state index contributed by atoms with van der Waals surface area (Å²) in [6.07, 6.45) is 6.18. The standard InChI is InChI=1S/C14H21N3S/c1-3-5-14-16-8-9-17(14)11-13-7-6-12(18-13)10-15-4-2/h6-9,15H,3-5,10-11H2,1-2H3. The lowest BCUT2D eigenvalue weighted by atomic mass is 10.3. The lowest BCUT2D eigenvalue weighted by molar-refractivity contribution is 0.711. The fourth-order valence-corrected chi connectivity index (χ4v) is 2.94. The molecule has 18 heavy (non-hydrogen) atoms. The number of thiophene rings is 1. The van der Waals surface area contributed by atoms with Crippen LogP contribution in [0.2, 0.25) is 0 Å². The smallest absolute Gasteiger partial charge is 0.108 e. The van der Waals surface area contributed by atoms with E-state index >= 15 is 0 Å². The van der Waals surface area contributed by atoms with Gasteiger partial charge in [-0.3, -0.25) is 0 Å². The molecule has 0 unspecified atom stereocenters. The molecule has 0 spiro atoms. The predicted molar refractivity (Wildman–Crippen MR) is 77.0 cm³/mol. The van der Waals surface area contributed by atoms with Crippen molar-refractivity contribution < 1.29 is 0 Å². The number of imidazole rings is 1. The van der Waals surface area contributed by atoms with Crippen molar-refractivity contribution in [1.29, 1.82) is 0 Å². The van der Waals surface area contributed by atoms with Gasteiger partial charge < -0.3 is 9.88 Å². The Morgan fingerprint density at radius 1 is 1.28 bits per heavy atom. The molecule has 0 saturated heterocycles. The summed E-state index contributed by atoms with van der Waals surface area (Å²) in [5.74, 6) is 1.19. The molecule has 0 bridgehead atoms. The average Bonchev–Trinajstić information content (AvgIpc) is 2.98. The summed E-state index contributed by atoms with van der Waals surface area (Å²) < 4.78 is 2.26. The van der Waals surface area contributed by atoms with Crippen LogP contribution in [-0.2, 0) is 19.5 Å². The van der Waals surface area contributed by atoms with Gasteiger partial charge in [-0.25, -0.2) is 4.98 Å². The first-order valence-electron chi connectivity index (χ1n) is 6.61. The van der Waals surface area contributed by atoms with Crippen molar-refractivity contribution in [2.24, 2.45) is 0 Å². The molecule has 2 aromatic rings. The molecular formula is C14H21N3S. The van der Waals surface area contributed by atoms with Gasteiger partial charge in [0, 0.05) is 35.1 Å². The molecular weight excluding hydrogens is 242 g/mol. The maximum atomic E-state index is 4.41. The van der Waals surface area contributed by atoms with Crippen LogP contribution in [0.4, 0.5) is 0 Å². The Morgan fingerprint density at radius 2 is 2.11 bits per heavy atom. The molecule has 2 heterocycles. The van der Waals surface area contributed by atoms with E-state index in [0.29, 0.717) is 0 Å². The summed E-state index contributed by atoms with van der Waals surface area (Å²) in [5.41, 5.74) is 0. The van der Waals surface area contributed by atoms with Gasteiger partial charge in [0.25, 0.3) is 0 Å². The van der Waals surface area contributed by atoms with Crippen LogP contribution in [-0.4, -0.2) is 16.1 Å². The van der Waals surface area contributed by atoms with Crippen LogP contribution in [0.5, 0.6) is 0 Å². The molecule has 1 N–H and O–H groups in total. The van der Waals surface area contributed by atoms with Gasteiger partial charge in [-0.2, -0.15) is 0 Å². The molecule has 2 aromatic heterocycles. The van der Waals surface area contributed by atoms with Crippen molar-refractivity contribution in [1.82, 2.24) is 14.9 Å². The fourth-order valence-electron chi connectivity index (χ4n) is 1.95. The minimum atomic E-state index is 0.951. The Labute approximate surface area is 113 Å². The molecule has 0 aliphatic heterocycles. The van der Waals surface area contributed by atoms with Crippen molar-refractivity contribution >= 4 is 11.3 Å². The number of nitrogens with one attached hydrogen (secondary N) is 1. The second-order valence-corrected chi connectivity index (χ2v) is 5.62. The molecule has 0 radical (unpaired) electrons. The summed E-state index contributed by atoms with van der Waals surface area (Å²) in [4.78, 5) is 7.22. The predicted octanol–water partition coefficient (Wildman–Crippen LogP) is 3.05. The van der Waals surface area contributed by atoms with Crippen LogP contribution in [0, 0.1) is 0 Å². The van der Waals surface area contributed by atoms with E-state index in [1.54, 1.807) is 0 Å². The van der Waals surface area contributed by atoms with E-state index < -0.39 is 0 Å². The van der Waals surface area contributed by atoms with E-state index in [9.17, 15) is 0 Å². The number of nitrogens with zero attached hydrogens (tertiary/aromatic N) is 2. The van der Waals surface area contributed by atoms with Gasteiger partial charge in [-0.15, -0.1) is 11.3 Å². The van der Waals surface area contributed by atoms with Gasteiger partial charge in [0.15, 0.2) is 0 Å². The first-order valence-corrected chi connectivity index (χ1v) is 7.43. The van der Waals surface area contributed by atoms with E-state index in [1.165, 1.54) is 15.6 Å². The Morgan fingerprint density at radius 3 is 2.89 bits per heavy atom. The monoisotopic (exact) mass is 263 g/mol. The number of hydrogen-bond donors (Lipinski definition) is 1. The Hall–Kier alpha value is -1.13. The molecule has 3 nitrogen and oxygen atoms in total. The fraction of sp³-hybridized carbons (Fsp3) is 0.500. The van der Waals surface area contributed by atoms with Crippen molar-refractivity contribution in [3.05, 3.63) is 40.1 Å². The van der Waals surface area contributed by atoms with E-state index in [1.807, 2.05) is 17.5 Å². The summed E-state index contributed by atoms with van der Waals surface area (Å²) in [7, 11) is 0. The highest BCUT2D eigenvalue weighted by molar-refractivity contribution is 7.11. The van der Waals surface area contributed by atoms with Crippen molar-refractivity contribution in [3.8, 4) is 0 Å². The van der Waals surface area contributed by atoms with Crippen LogP contribution in [0.25, 0.3) is 0 Å². The van der Waals surface area contributed by atoms with Crippen LogP contribution in [0.1, 0.15) is 35.8 Å². The van der Waals surface area contributed by atoms with Crippen LogP contribution >= 0.6 is 11.3 Å². The quantitative estimate of drug-likeness (QED) is 0.832. The third-order valence-electron chi connectivity index (χ3n) is 2.87. The van der Waals surface area contributed by atoms with Crippen molar-refractivity contribution in [2.75, 3.05) is 6.54 Å². The zero-order valence-electron chi connectivity index (χ0n) is 11.1. The van der Waals surface area contributed by atoms with Gasteiger partial charge in [0.1, 0.15) is 5.82 Å². The first kappa shape index (κ1) is 13.3. The molecule has 0 atom stereocenters. The maximum absolute atomic E-state index is 4.41. The minimum Gasteiger partial charge on any atom is -0.330 e. The van der Waals surface area contributed by atoms with E-state index in [4.69, 9.17) is 0 Å². The molecule has 0 aliphatic carbocycles. The van der Waals surface area contributed by atoms with E-state index in [-0.39, 0.29) is 0 Å². The van der Waals surface area contributed by atoms with Gasteiger partial charge in [-0.1, -0.05) is 13.8 Å². The zero-order chi connectivity index (χ0) is 12.8.